The number of nitrogens with zero attached hydrogens (tertiary/aromatic N) is 4. The van der Waals surface area contributed by atoms with Crippen LogP contribution in [0.4, 0.5) is 10.1 Å². The van der Waals surface area contributed by atoms with Crippen LogP contribution in [0.2, 0.25) is 0 Å². The third kappa shape index (κ3) is 2.40. The number of rotatable bonds is 2. The van der Waals surface area contributed by atoms with Crippen LogP contribution in [0.5, 0.6) is 0 Å². The van der Waals surface area contributed by atoms with Gasteiger partial charge in [0.25, 0.3) is 0 Å². The van der Waals surface area contributed by atoms with E-state index in [-0.39, 0.29) is 5.82 Å². The first kappa shape index (κ1) is 15.2. The molecule has 130 valence electrons. The van der Waals surface area contributed by atoms with Gasteiger partial charge in [0.15, 0.2) is 5.82 Å². The second-order valence-electron chi connectivity index (χ2n) is 6.26. The average Bonchev–Trinajstić information content (AvgIpc) is 3.07. The number of halogens is 1. The maximum absolute atomic E-state index is 14.7. The highest BCUT2D eigenvalue weighted by molar-refractivity contribution is 6.12. The van der Waals surface area contributed by atoms with Crippen molar-refractivity contribution < 1.29 is 9.13 Å². The number of hydrogen-bond acceptors (Lipinski definition) is 5. The van der Waals surface area contributed by atoms with Gasteiger partial charge in [-0.1, -0.05) is 0 Å². The number of aromatic nitrogens is 4. The van der Waals surface area contributed by atoms with Crippen LogP contribution in [-0.2, 0) is 4.74 Å². The van der Waals surface area contributed by atoms with Crippen LogP contribution < -0.4 is 4.90 Å². The molecule has 4 aromatic rings. The maximum atomic E-state index is 14.7. The highest BCUT2D eigenvalue weighted by Crippen LogP contribution is 2.36. The largest absolute Gasteiger partial charge is 0.378 e. The minimum Gasteiger partial charge on any atom is -0.378 e. The molecule has 0 spiro atoms. The van der Waals surface area contributed by atoms with Crippen LogP contribution in [0.3, 0.4) is 0 Å². The van der Waals surface area contributed by atoms with Crippen LogP contribution in [0.1, 0.15) is 0 Å². The number of fused-ring (bicyclic) bond motifs is 3. The molecule has 5 heterocycles. The standard InChI is InChI=1S/C19H16FN5O/c20-14-10-23-19-17(18(14)25-4-6-26-7-5-25)13-8-15(22-11-16(13)24-19)12-2-1-3-21-9-12/h1-3,8-11H,4-7H2,(H,23,24). The molecule has 6 nitrogen and oxygen atoms in total. The monoisotopic (exact) mass is 349 g/mol. The van der Waals surface area contributed by atoms with E-state index in [1.165, 1.54) is 6.20 Å². The number of ether oxygens (including phenoxy) is 1. The number of hydrogen-bond donors (Lipinski definition) is 1. The summed E-state index contributed by atoms with van der Waals surface area (Å²) in [6, 6.07) is 5.80. The number of nitrogens with one attached hydrogen (secondary N) is 1. The molecule has 1 N–H and O–H groups in total. The summed E-state index contributed by atoms with van der Waals surface area (Å²) in [5.41, 5.74) is 3.78. The number of morpholine rings is 1. The molecule has 1 saturated heterocycles. The van der Waals surface area contributed by atoms with E-state index in [2.05, 4.69) is 19.9 Å². The van der Waals surface area contributed by atoms with Gasteiger partial charge in [0, 0.05) is 36.4 Å². The molecule has 1 aliphatic rings. The Balaban J connectivity index is 1.77. The van der Waals surface area contributed by atoms with Crippen molar-refractivity contribution in [2.45, 2.75) is 0 Å². The first-order chi connectivity index (χ1) is 12.8. The molecular weight excluding hydrogens is 333 g/mol. The zero-order valence-electron chi connectivity index (χ0n) is 13.9. The van der Waals surface area contributed by atoms with E-state index < -0.39 is 0 Å². The molecule has 0 unspecified atom stereocenters. The summed E-state index contributed by atoms with van der Waals surface area (Å²) in [7, 11) is 0. The van der Waals surface area contributed by atoms with Gasteiger partial charge in [0.2, 0.25) is 0 Å². The lowest BCUT2D eigenvalue weighted by atomic mass is 10.1. The molecule has 0 aromatic carbocycles. The normalized spacial score (nSPS) is 15.0. The first-order valence-electron chi connectivity index (χ1n) is 8.50. The molecule has 1 aliphatic heterocycles. The Labute approximate surface area is 148 Å². The molecule has 7 heteroatoms. The minimum absolute atomic E-state index is 0.319. The average molecular weight is 349 g/mol. The van der Waals surface area contributed by atoms with E-state index in [0.717, 1.165) is 27.5 Å². The van der Waals surface area contributed by atoms with E-state index in [4.69, 9.17) is 4.74 Å². The quantitative estimate of drug-likeness (QED) is 0.602. The summed E-state index contributed by atoms with van der Waals surface area (Å²) in [6.07, 6.45) is 6.53. The molecule has 5 rings (SSSR count). The van der Waals surface area contributed by atoms with Gasteiger partial charge >= 0.3 is 0 Å². The van der Waals surface area contributed by atoms with E-state index in [1.807, 2.05) is 23.1 Å². The minimum atomic E-state index is -0.319. The van der Waals surface area contributed by atoms with Gasteiger partial charge in [-0.05, 0) is 18.2 Å². The molecule has 26 heavy (non-hydrogen) atoms. The Bertz CT molecular complexity index is 1090. The van der Waals surface area contributed by atoms with Crippen LogP contribution >= 0.6 is 0 Å². The second-order valence-corrected chi connectivity index (χ2v) is 6.26. The molecule has 0 radical (unpaired) electrons. The van der Waals surface area contributed by atoms with E-state index in [1.54, 1.807) is 18.6 Å². The molecular formula is C19H16FN5O. The zero-order valence-corrected chi connectivity index (χ0v) is 13.9. The number of pyridine rings is 3. The van der Waals surface area contributed by atoms with Crippen molar-refractivity contribution >= 4 is 27.6 Å². The predicted octanol–water partition coefficient (Wildman–Crippen LogP) is 3.15. The summed E-state index contributed by atoms with van der Waals surface area (Å²) < 4.78 is 20.2. The highest BCUT2D eigenvalue weighted by atomic mass is 19.1. The topological polar surface area (TPSA) is 66.9 Å². The number of anilines is 1. The van der Waals surface area contributed by atoms with Gasteiger partial charge in [-0.2, -0.15) is 0 Å². The fourth-order valence-corrected chi connectivity index (χ4v) is 3.49. The van der Waals surface area contributed by atoms with E-state index >= 15 is 0 Å². The fraction of sp³-hybridized carbons (Fsp3) is 0.211. The van der Waals surface area contributed by atoms with Crippen molar-refractivity contribution in [3.63, 3.8) is 0 Å². The Morgan fingerprint density at radius 1 is 1.12 bits per heavy atom. The van der Waals surface area contributed by atoms with Crippen LogP contribution in [0.15, 0.2) is 43.0 Å². The lowest BCUT2D eigenvalue weighted by molar-refractivity contribution is 0.122. The van der Waals surface area contributed by atoms with Crippen LogP contribution in [0, 0.1) is 5.82 Å². The van der Waals surface area contributed by atoms with Gasteiger partial charge in [-0.3, -0.25) is 9.97 Å². The number of aromatic amines is 1. The van der Waals surface area contributed by atoms with Gasteiger partial charge < -0.3 is 14.6 Å². The van der Waals surface area contributed by atoms with Gasteiger partial charge in [0.05, 0.1) is 47.9 Å². The summed E-state index contributed by atoms with van der Waals surface area (Å²) >= 11 is 0. The summed E-state index contributed by atoms with van der Waals surface area (Å²) in [5.74, 6) is -0.319. The number of H-pyrrole nitrogens is 1. The molecule has 1 fully saturated rings. The van der Waals surface area contributed by atoms with E-state index in [9.17, 15) is 4.39 Å². The van der Waals surface area contributed by atoms with Crippen LogP contribution in [0.25, 0.3) is 33.2 Å². The van der Waals surface area contributed by atoms with Crippen molar-refractivity contribution in [3.05, 3.63) is 48.8 Å². The molecule has 0 bridgehead atoms. The smallest absolute Gasteiger partial charge is 0.165 e. The van der Waals surface area contributed by atoms with Crippen molar-refractivity contribution in [2.75, 3.05) is 31.2 Å². The van der Waals surface area contributed by atoms with E-state index in [0.29, 0.717) is 37.6 Å². The Morgan fingerprint density at radius 2 is 2.00 bits per heavy atom. The zero-order chi connectivity index (χ0) is 17.5. The Hall–Kier alpha value is -3.06. The SMILES string of the molecule is Fc1cnc2[nH]c3cnc(-c4cccnc4)cc3c2c1N1CCOCC1. The van der Waals surface area contributed by atoms with Crippen molar-refractivity contribution in [2.24, 2.45) is 0 Å². The highest BCUT2D eigenvalue weighted by Gasteiger charge is 2.22. The summed E-state index contributed by atoms with van der Waals surface area (Å²) in [4.78, 5) is 18.2. The fourth-order valence-electron chi connectivity index (χ4n) is 3.49. The maximum Gasteiger partial charge on any atom is 0.165 e. The second kappa shape index (κ2) is 6.03. The van der Waals surface area contributed by atoms with Crippen LogP contribution in [-0.4, -0.2) is 46.2 Å². The molecule has 4 aromatic heterocycles. The Morgan fingerprint density at radius 3 is 2.81 bits per heavy atom. The molecule has 0 saturated carbocycles. The third-order valence-corrected chi connectivity index (χ3v) is 4.72. The summed E-state index contributed by atoms with van der Waals surface area (Å²) in [5, 5.41) is 1.69. The third-order valence-electron chi connectivity index (χ3n) is 4.72. The predicted molar refractivity (Wildman–Crippen MR) is 97.6 cm³/mol. The van der Waals surface area contributed by atoms with Gasteiger partial charge in [-0.25, -0.2) is 9.37 Å². The van der Waals surface area contributed by atoms with Crippen molar-refractivity contribution in [1.29, 1.82) is 0 Å². The Kier molecular flexibility index (Phi) is 3.53. The van der Waals surface area contributed by atoms with Gasteiger partial charge in [-0.15, -0.1) is 0 Å². The first-order valence-corrected chi connectivity index (χ1v) is 8.50. The molecule has 0 amide bonds. The molecule has 0 aliphatic carbocycles. The van der Waals surface area contributed by atoms with Gasteiger partial charge in [0.1, 0.15) is 5.65 Å². The van der Waals surface area contributed by atoms with Crippen molar-refractivity contribution in [1.82, 2.24) is 19.9 Å². The molecule has 0 atom stereocenters. The lowest BCUT2D eigenvalue weighted by Crippen LogP contribution is -2.36. The lowest BCUT2D eigenvalue weighted by Gasteiger charge is -2.29. The summed E-state index contributed by atoms with van der Waals surface area (Å²) in [6.45, 7) is 2.49. The van der Waals surface area contributed by atoms with Crippen molar-refractivity contribution in [3.8, 4) is 11.3 Å².